The predicted molar refractivity (Wildman–Crippen MR) is 69.4 cm³/mol. The number of hydrogen-bond donors (Lipinski definition) is 1. The summed E-state index contributed by atoms with van der Waals surface area (Å²) in [5.74, 6) is 1.71. The van der Waals surface area contributed by atoms with Crippen molar-refractivity contribution in [3.63, 3.8) is 0 Å². The van der Waals surface area contributed by atoms with E-state index < -0.39 is 0 Å². The molecule has 1 aliphatic carbocycles. The highest BCUT2D eigenvalue weighted by atomic mass is 15.2. The Bertz CT molecular complexity index is 205. The largest absolute Gasteiger partial charge is 0.330 e. The van der Waals surface area contributed by atoms with Gasteiger partial charge in [-0.05, 0) is 63.6 Å². The third-order valence-electron chi connectivity index (χ3n) is 4.69. The first-order valence-electron chi connectivity index (χ1n) is 7.25. The molecule has 2 N–H and O–H groups in total. The van der Waals surface area contributed by atoms with Crippen LogP contribution in [0.5, 0.6) is 0 Å². The van der Waals surface area contributed by atoms with Crippen LogP contribution >= 0.6 is 0 Å². The molecule has 3 atom stereocenters. The smallest absolute Gasteiger partial charge is 0.0135 e. The molecule has 2 aliphatic rings. The monoisotopic (exact) mass is 224 g/mol. The van der Waals surface area contributed by atoms with E-state index in [1.54, 1.807) is 0 Å². The Labute approximate surface area is 101 Å². The van der Waals surface area contributed by atoms with Gasteiger partial charge in [0.1, 0.15) is 0 Å². The highest BCUT2D eigenvalue weighted by Gasteiger charge is 2.29. The van der Waals surface area contributed by atoms with Crippen molar-refractivity contribution in [2.45, 2.75) is 57.9 Å². The molecule has 1 saturated heterocycles. The molecule has 2 nitrogen and oxygen atoms in total. The molecule has 2 rings (SSSR count). The first-order chi connectivity index (χ1) is 7.81. The number of rotatable bonds is 2. The molecule has 94 valence electrons. The van der Waals surface area contributed by atoms with Crippen molar-refractivity contribution >= 4 is 0 Å². The van der Waals surface area contributed by atoms with Gasteiger partial charge < -0.3 is 10.6 Å². The molecule has 1 aliphatic heterocycles. The van der Waals surface area contributed by atoms with Gasteiger partial charge in [0.05, 0.1) is 0 Å². The molecule has 1 heterocycles. The Morgan fingerprint density at radius 2 is 1.81 bits per heavy atom. The van der Waals surface area contributed by atoms with Crippen molar-refractivity contribution in [3.8, 4) is 0 Å². The molecule has 0 aromatic heterocycles. The summed E-state index contributed by atoms with van der Waals surface area (Å²) in [7, 11) is 0. The van der Waals surface area contributed by atoms with Crippen molar-refractivity contribution < 1.29 is 0 Å². The van der Waals surface area contributed by atoms with Crippen LogP contribution in [-0.2, 0) is 0 Å². The van der Waals surface area contributed by atoms with Crippen LogP contribution in [0.15, 0.2) is 0 Å². The van der Waals surface area contributed by atoms with Crippen molar-refractivity contribution in [3.05, 3.63) is 0 Å². The van der Waals surface area contributed by atoms with E-state index in [2.05, 4.69) is 11.8 Å². The van der Waals surface area contributed by atoms with E-state index in [4.69, 9.17) is 5.73 Å². The topological polar surface area (TPSA) is 29.3 Å². The molecular weight excluding hydrogens is 196 g/mol. The fourth-order valence-electron chi connectivity index (χ4n) is 3.56. The Hall–Kier alpha value is -0.0800. The van der Waals surface area contributed by atoms with E-state index >= 15 is 0 Å². The number of hydrogen-bond acceptors (Lipinski definition) is 2. The summed E-state index contributed by atoms with van der Waals surface area (Å²) in [5.41, 5.74) is 5.94. The minimum Gasteiger partial charge on any atom is -0.330 e. The Morgan fingerprint density at radius 3 is 2.62 bits per heavy atom. The lowest BCUT2D eigenvalue weighted by molar-refractivity contribution is 0.110. The van der Waals surface area contributed by atoms with Gasteiger partial charge in [-0.15, -0.1) is 0 Å². The minimum atomic E-state index is 0.780. The zero-order chi connectivity index (χ0) is 11.4. The van der Waals surface area contributed by atoms with Crippen LogP contribution in [0, 0.1) is 11.8 Å². The average Bonchev–Trinajstić information content (AvgIpc) is 2.54. The molecule has 0 amide bonds. The number of nitrogens with two attached hydrogens (primary N) is 1. The van der Waals surface area contributed by atoms with E-state index in [-0.39, 0.29) is 0 Å². The molecule has 0 aromatic carbocycles. The molecular formula is C14H28N2. The summed E-state index contributed by atoms with van der Waals surface area (Å²) >= 11 is 0. The molecule has 0 aromatic rings. The molecule has 2 fully saturated rings. The minimum absolute atomic E-state index is 0.780. The van der Waals surface area contributed by atoms with Gasteiger partial charge in [-0.2, -0.15) is 0 Å². The van der Waals surface area contributed by atoms with Crippen molar-refractivity contribution in [2.75, 3.05) is 19.6 Å². The molecule has 0 bridgehead atoms. The van der Waals surface area contributed by atoms with Crippen LogP contribution in [0.25, 0.3) is 0 Å². The van der Waals surface area contributed by atoms with Gasteiger partial charge in [-0.25, -0.2) is 0 Å². The third kappa shape index (κ3) is 2.98. The van der Waals surface area contributed by atoms with Crippen LogP contribution in [0.3, 0.4) is 0 Å². The van der Waals surface area contributed by atoms with Crippen molar-refractivity contribution in [1.29, 1.82) is 0 Å². The fourth-order valence-corrected chi connectivity index (χ4v) is 3.56. The Balaban J connectivity index is 1.93. The highest BCUT2D eigenvalue weighted by Crippen LogP contribution is 2.30. The van der Waals surface area contributed by atoms with Gasteiger partial charge in [0.25, 0.3) is 0 Å². The second kappa shape index (κ2) is 6.02. The van der Waals surface area contributed by atoms with E-state index in [1.165, 1.54) is 58.0 Å². The summed E-state index contributed by atoms with van der Waals surface area (Å²) in [6.45, 7) is 5.95. The third-order valence-corrected chi connectivity index (χ3v) is 4.69. The van der Waals surface area contributed by atoms with Gasteiger partial charge in [-0.1, -0.05) is 19.8 Å². The maximum Gasteiger partial charge on any atom is 0.0135 e. The average molecular weight is 224 g/mol. The summed E-state index contributed by atoms with van der Waals surface area (Å²) in [5, 5.41) is 0. The normalized spacial score (nSPS) is 38.2. The standard InChI is InChI=1S/C14H28N2/c1-12-5-4-9-16(10-8-12)14-7-3-2-6-13(14)11-15/h12-14H,2-11,15H2,1H3. The number of nitrogens with zero attached hydrogens (tertiary/aromatic N) is 1. The van der Waals surface area contributed by atoms with Crippen molar-refractivity contribution in [1.82, 2.24) is 4.90 Å². The van der Waals surface area contributed by atoms with Gasteiger partial charge in [0.15, 0.2) is 0 Å². The second-order valence-electron chi connectivity index (χ2n) is 5.92. The highest BCUT2D eigenvalue weighted by molar-refractivity contribution is 4.85. The van der Waals surface area contributed by atoms with E-state index in [9.17, 15) is 0 Å². The number of likely N-dealkylation sites (tertiary alicyclic amines) is 1. The lowest BCUT2D eigenvalue weighted by Crippen LogP contribution is -2.45. The summed E-state index contributed by atoms with van der Waals surface area (Å²) < 4.78 is 0. The first-order valence-corrected chi connectivity index (χ1v) is 7.25. The van der Waals surface area contributed by atoms with E-state index in [1.807, 2.05) is 0 Å². The van der Waals surface area contributed by atoms with Crippen molar-refractivity contribution in [2.24, 2.45) is 17.6 Å². The molecule has 0 radical (unpaired) electrons. The SMILES string of the molecule is CC1CCCN(C2CCCCC2CN)CC1. The van der Waals surface area contributed by atoms with Crippen LogP contribution < -0.4 is 5.73 Å². The van der Waals surface area contributed by atoms with Crippen LogP contribution in [0.2, 0.25) is 0 Å². The molecule has 16 heavy (non-hydrogen) atoms. The van der Waals surface area contributed by atoms with Crippen LogP contribution in [0.4, 0.5) is 0 Å². The zero-order valence-corrected chi connectivity index (χ0v) is 10.8. The molecule has 2 heteroatoms. The van der Waals surface area contributed by atoms with Crippen LogP contribution in [0.1, 0.15) is 51.9 Å². The Kier molecular flexibility index (Phi) is 4.66. The fraction of sp³-hybridized carbons (Fsp3) is 1.00. The molecule has 0 spiro atoms. The van der Waals surface area contributed by atoms with Gasteiger partial charge >= 0.3 is 0 Å². The zero-order valence-electron chi connectivity index (χ0n) is 10.8. The second-order valence-corrected chi connectivity index (χ2v) is 5.92. The summed E-state index contributed by atoms with van der Waals surface area (Å²) in [6, 6.07) is 0.809. The lowest BCUT2D eigenvalue weighted by Gasteiger charge is -2.39. The maximum atomic E-state index is 5.94. The van der Waals surface area contributed by atoms with Gasteiger partial charge in [0, 0.05) is 6.04 Å². The maximum absolute atomic E-state index is 5.94. The lowest BCUT2D eigenvalue weighted by atomic mass is 9.83. The van der Waals surface area contributed by atoms with Gasteiger partial charge in [-0.3, -0.25) is 0 Å². The summed E-state index contributed by atoms with van der Waals surface area (Å²) in [4.78, 5) is 2.76. The molecule has 1 saturated carbocycles. The van der Waals surface area contributed by atoms with E-state index in [0.717, 1.165) is 24.4 Å². The van der Waals surface area contributed by atoms with Crippen LogP contribution in [-0.4, -0.2) is 30.6 Å². The predicted octanol–water partition coefficient (Wildman–Crippen LogP) is 2.63. The quantitative estimate of drug-likeness (QED) is 0.781. The molecule has 3 unspecified atom stereocenters. The van der Waals surface area contributed by atoms with Gasteiger partial charge in [0.2, 0.25) is 0 Å². The Morgan fingerprint density at radius 1 is 1.00 bits per heavy atom. The first kappa shape index (κ1) is 12.4. The van der Waals surface area contributed by atoms with E-state index in [0.29, 0.717) is 0 Å². The summed E-state index contributed by atoms with van der Waals surface area (Å²) in [6.07, 6.45) is 9.82.